The minimum Gasteiger partial charge on any atom is -0.484 e. The predicted molar refractivity (Wildman–Crippen MR) is 117 cm³/mol. The Kier molecular flexibility index (Phi) is 7.55. The van der Waals surface area contributed by atoms with Gasteiger partial charge in [0.2, 0.25) is 0 Å². The molecule has 0 N–H and O–H groups in total. The molecule has 0 radical (unpaired) electrons. The van der Waals surface area contributed by atoms with Crippen molar-refractivity contribution in [1.29, 1.82) is 0 Å². The van der Waals surface area contributed by atoms with Gasteiger partial charge in [-0.25, -0.2) is 0 Å². The third-order valence-corrected chi connectivity index (χ3v) is 6.01. The van der Waals surface area contributed by atoms with Gasteiger partial charge < -0.3 is 4.74 Å². The van der Waals surface area contributed by atoms with Crippen LogP contribution in [0.2, 0.25) is 20.1 Å². The quantitative estimate of drug-likeness (QED) is 0.261. The van der Waals surface area contributed by atoms with Crippen molar-refractivity contribution in [2.75, 3.05) is 0 Å². The van der Waals surface area contributed by atoms with E-state index < -0.39 is 0 Å². The number of hydrogen-bond acceptors (Lipinski definition) is 4. The zero-order valence-electron chi connectivity index (χ0n) is 14.5. The average molecular weight is 475 g/mol. The number of rotatable bonds is 8. The largest absolute Gasteiger partial charge is 0.484 e. The predicted octanol–water partition coefficient (Wildman–Crippen LogP) is 6.95. The van der Waals surface area contributed by atoms with Crippen LogP contribution in [0.3, 0.4) is 0 Å². The number of nitrogens with zero attached hydrogens (tertiary/aromatic N) is 3. The first-order chi connectivity index (χ1) is 13.5. The highest BCUT2D eigenvalue weighted by molar-refractivity contribution is 7.98. The molecule has 0 spiro atoms. The SMILES string of the molecule is C=CCn1c(COc2cc(Cl)ccc2Cl)nnc1SCc1c(Cl)cccc1Cl. The highest BCUT2D eigenvalue weighted by Crippen LogP contribution is 2.32. The summed E-state index contributed by atoms with van der Waals surface area (Å²) in [7, 11) is 0. The molecule has 0 aliphatic carbocycles. The van der Waals surface area contributed by atoms with E-state index in [0.717, 1.165) is 5.56 Å². The van der Waals surface area contributed by atoms with E-state index in [1.165, 1.54) is 11.8 Å². The molecule has 0 amide bonds. The van der Waals surface area contributed by atoms with Crippen molar-refractivity contribution < 1.29 is 4.74 Å². The molecule has 0 saturated heterocycles. The number of hydrogen-bond donors (Lipinski definition) is 0. The lowest BCUT2D eigenvalue weighted by molar-refractivity contribution is 0.289. The Hall–Kier alpha value is -1.37. The fraction of sp³-hybridized carbons (Fsp3) is 0.158. The van der Waals surface area contributed by atoms with Gasteiger partial charge in [-0.05, 0) is 29.8 Å². The lowest BCUT2D eigenvalue weighted by Gasteiger charge is -2.11. The molecule has 4 nitrogen and oxygen atoms in total. The molecule has 3 rings (SSSR count). The van der Waals surface area contributed by atoms with Crippen LogP contribution in [0.25, 0.3) is 0 Å². The van der Waals surface area contributed by atoms with Gasteiger partial charge in [0.05, 0.1) is 5.02 Å². The lowest BCUT2D eigenvalue weighted by Crippen LogP contribution is -2.07. The molecule has 2 aromatic carbocycles. The van der Waals surface area contributed by atoms with Crippen LogP contribution in [-0.4, -0.2) is 14.8 Å². The van der Waals surface area contributed by atoms with E-state index in [4.69, 9.17) is 51.1 Å². The Morgan fingerprint density at radius 3 is 2.50 bits per heavy atom. The molecular formula is C19H15Cl4N3OS. The maximum atomic E-state index is 6.25. The van der Waals surface area contributed by atoms with E-state index in [0.29, 0.717) is 49.1 Å². The summed E-state index contributed by atoms with van der Waals surface area (Å²) in [6, 6.07) is 10.5. The molecule has 0 fully saturated rings. The fourth-order valence-corrected chi connectivity index (χ4v) is 4.42. The molecule has 0 saturated carbocycles. The van der Waals surface area contributed by atoms with Gasteiger partial charge in [-0.1, -0.05) is 70.3 Å². The van der Waals surface area contributed by atoms with Gasteiger partial charge in [0.15, 0.2) is 11.0 Å². The monoisotopic (exact) mass is 473 g/mol. The summed E-state index contributed by atoms with van der Waals surface area (Å²) in [5.74, 6) is 1.69. The average Bonchev–Trinajstić information content (AvgIpc) is 3.04. The first kappa shape index (κ1) is 21.3. The fourth-order valence-electron chi connectivity index (χ4n) is 2.38. The summed E-state index contributed by atoms with van der Waals surface area (Å²) in [5, 5.41) is 11.5. The summed E-state index contributed by atoms with van der Waals surface area (Å²) in [4.78, 5) is 0. The van der Waals surface area contributed by atoms with Crippen LogP contribution in [0, 0.1) is 0 Å². The summed E-state index contributed by atoms with van der Waals surface area (Å²) in [6.45, 7) is 4.53. The van der Waals surface area contributed by atoms with Gasteiger partial charge in [0.25, 0.3) is 0 Å². The number of thioether (sulfide) groups is 1. The highest BCUT2D eigenvalue weighted by Gasteiger charge is 2.15. The topological polar surface area (TPSA) is 39.9 Å². The second-order valence-corrected chi connectivity index (χ2v) is 8.25. The standard InChI is InChI=1S/C19H15Cl4N3OS/c1-2-8-26-18(10-27-17-9-12(20)6-7-16(17)23)24-25-19(26)28-11-13-14(21)4-3-5-15(13)22/h2-7,9H,1,8,10-11H2. The molecule has 3 aromatic rings. The summed E-state index contributed by atoms with van der Waals surface area (Å²) in [5.41, 5.74) is 0.854. The third-order valence-electron chi connectivity index (χ3n) is 3.76. The molecule has 0 bridgehead atoms. The van der Waals surface area contributed by atoms with Crippen LogP contribution in [0.4, 0.5) is 0 Å². The first-order valence-corrected chi connectivity index (χ1v) is 10.7. The van der Waals surface area contributed by atoms with Gasteiger partial charge in [0, 0.05) is 33.4 Å². The van der Waals surface area contributed by atoms with E-state index in [1.54, 1.807) is 24.3 Å². The third kappa shape index (κ3) is 5.16. The molecular weight excluding hydrogens is 460 g/mol. The molecule has 9 heteroatoms. The molecule has 1 aromatic heterocycles. The molecule has 0 aliphatic heterocycles. The van der Waals surface area contributed by atoms with E-state index in [-0.39, 0.29) is 6.61 Å². The van der Waals surface area contributed by atoms with Crippen molar-refractivity contribution >= 4 is 58.2 Å². The second-order valence-electron chi connectivity index (χ2n) is 5.65. The van der Waals surface area contributed by atoms with Crippen LogP contribution in [-0.2, 0) is 18.9 Å². The van der Waals surface area contributed by atoms with Crippen molar-refractivity contribution in [3.63, 3.8) is 0 Å². The van der Waals surface area contributed by atoms with Crippen LogP contribution in [0.15, 0.2) is 54.2 Å². The Morgan fingerprint density at radius 1 is 1.04 bits per heavy atom. The van der Waals surface area contributed by atoms with E-state index in [2.05, 4.69) is 16.8 Å². The molecule has 0 aliphatic rings. The van der Waals surface area contributed by atoms with Gasteiger partial charge in [0.1, 0.15) is 12.4 Å². The minimum absolute atomic E-state index is 0.189. The van der Waals surface area contributed by atoms with Crippen molar-refractivity contribution in [1.82, 2.24) is 14.8 Å². The lowest BCUT2D eigenvalue weighted by atomic mass is 10.2. The van der Waals surface area contributed by atoms with Gasteiger partial charge in [-0.3, -0.25) is 4.57 Å². The highest BCUT2D eigenvalue weighted by atomic mass is 35.5. The summed E-state index contributed by atoms with van der Waals surface area (Å²) >= 11 is 26.1. The maximum Gasteiger partial charge on any atom is 0.191 e. The van der Waals surface area contributed by atoms with Crippen molar-refractivity contribution in [2.24, 2.45) is 0 Å². The van der Waals surface area contributed by atoms with Gasteiger partial charge in [-0.2, -0.15) is 0 Å². The number of halogens is 4. The first-order valence-electron chi connectivity index (χ1n) is 8.16. The number of aromatic nitrogens is 3. The van der Waals surface area contributed by atoms with E-state index >= 15 is 0 Å². The summed E-state index contributed by atoms with van der Waals surface area (Å²) in [6.07, 6.45) is 1.77. The van der Waals surface area contributed by atoms with Gasteiger partial charge in [-0.15, -0.1) is 16.8 Å². The van der Waals surface area contributed by atoms with Crippen molar-refractivity contribution in [2.45, 2.75) is 24.1 Å². The molecule has 1 heterocycles. The zero-order chi connectivity index (χ0) is 20.1. The molecule has 146 valence electrons. The Bertz CT molecular complexity index is 973. The van der Waals surface area contributed by atoms with E-state index in [9.17, 15) is 0 Å². The Morgan fingerprint density at radius 2 is 1.79 bits per heavy atom. The van der Waals surface area contributed by atoms with E-state index in [1.807, 2.05) is 22.8 Å². The summed E-state index contributed by atoms with van der Waals surface area (Å²) < 4.78 is 7.70. The van der Waals surface area contributed by atoms with Crippen LogP contribution >= 0.6 is 58.2 Å². The molecule has 0 unspecified atom stereocenters. The number of benzene rings is 2. The zero-order valence-corrected chi connectivity index (χ0v) is 18.4. The maximum absolute atomic E-state index is 6.25. The van der Waals surface area contributed by atoms with Crippen molar-refractivity contribution in [3.05, 3.63) is 80.5 Å². The molecule has 28 heavy (non-hydrogen) atoms. The van der Waals surface area contributed by atoms with Crippen LogP contribution < -0.4 is 4.74 Å². The number of ether oxygens (including phenoxy) is 1. The second kappa shape index (κ2) is 9.90. The van der Waals surface area contributed by atoms with Crippen molar-refractivity contribution in [3.8, 4) is 5.75 Å². The van der Waals surface area contributed by atoms with Crippen LogP contribution in [0.1, 0.15) is 11.4 Å². The molecule has 0 atom stereocenters. The smallest absolute Gasteiger partial charge is 0.191 e. The Balaban J connectivity index is 1.76. The Labute approximate surface area is 187 Å². The minimum atomic E-state index is 0.189. The number of allylic oxidation sites excluding steroid dienone is 1. The van der Waals surface area contributed by atoms with Gasteiger partial charge >= 0.3 is 0 Å². The van der Waals surface area contributed by atoms with Crippen LogP contribution in [0.5, 0.6) is 5.75 Å². The normalized spacial score (nSPS) is 10.9.